The molecular formula is C13H27N3O. The summed E-state index contributed by atoms with van der Waals surface area (Å²) in [6.45, 7) is 10.4. The highest BCUT2D eigenvalue weighted by Gasteiger charge is 2.24. The molecule has 3 N–H and O–H groups in total. The van der Waals surface area contributed by atoms with Gasteiger partial charge in [-0.05, 0) is 31.3 Å². The zero-order valence-electron chi connectivity index (χ0n) is 11.4. The Morgan fingerprint density at radius 1 is 1.53 bits per heavy atom. The lowest BCUT2D eigenvalue weighted by atomic mass is 9.99. The molecule has 1 aliphatic rings. The summed E-state index contributed by atoms with van der Waals surface area (Å²) in [4.78, 5) is 14.2. The summed E-state index contributed by atoms with van der Waals surface area (Å²) in [5, 5.41) is 2.99. The number of nitrogens with zero attached hydrogens (tertiary/aromatic N) is 1. The molecule has 1 amide bonds. The smallest absolute Gasteiger partial charge is 0.237 e. The standard InChI is InChI=1S/C13H27N3O/c1-4-10(3)12(14)13(17)15-8-11-6-7-16(5-2)9-11/h10-12H,4-9,14H2,1-3H3,(H,15,17)/t10-,11?,12-/m0/s1. The fraction of sp³-hybridized carbons (Fsp3) is 0.923. The number of nitrogens with one attached hydrogen (secondary N) is 1. The van der Waals surface area contributed by atoms with Crippen molar-refractivity contribution in [1.29, 1.82) is 0 Å². The lowest BCUT2D eigenvalue weighted by molar-refractivity contribution is -0.123. The van der Waals surface area contributed by atoms with E-state index in [2.05, 4.69) is 24.1 Å². The maximum Gasteiger partial charge on any atom is 0.237 e. The zero-order chi connectivity index (χ0) is 12.8. The highest BCUT2D eigenvalue weighted by Crippen LogP contribution is 2.14. The van der Waals surface area contributed by atoms with Gasteiger partial charge in [-0.15, -0.1) is 0 Å². The number of hydrogen-bond acceptors (Lipinski definition) is 3. The number of carbonyl (C=O) groups excluding carboxylic acids is 1. The quantitative estimate of drug-likeness (QED) is 0.724. The highest BCUT2D eigenvalue weighted by molar-refractivity contribution is 5.81. The topological polar surface area (TPSA) is 58.4 Å². The number of amides is 1. The van der Waals surface area contributed by atoms with Crippen molar-refractivity contribution in [1.82, 2.24) is 10.2 Å². The van der Waals surface area contributed by atoms with Crippen molar-refractivity contribution in [3.05, 3.63) is 0 Å². The Hall–Kier alpha value is -0.610. The Morgan fingerprint density at radius 3 is 2.76 bits per heavy atom. The first-order valence-electron chi connectivity index (χ1n) is 6.84. The van der Waals surface area contributed by atoms with Crippen LogP contribution >= 0.6 is 0 Å². The van der Waals surface area contributed by atoms with Gasteiger partial charge in [0.25, 0.3) is 0 Å². The van der Waals surface area contributed by atoms with Crippen LogP contribution in [0.3, 0.4) is 0 Å². The second-order valence-corrected chi connectivity index (χ2v) is 5.20. The SMILES string of the molecule is CC[C@H](C)[C@H](N)C(=O)NCC1CCN(CC)C1. The normalized spacial score (nSPS) is 24.6. The molecule has 0 aromatic rings. The molecule has 0 aromatic carbocycles. The third kappa shape index (κ3) is 4.28. The molecule has 1 unspecified atom stereocenters. The number of hydrogen-bond donors (Lipinski definition) is 2. The zero-order valence-corrected chi connectivity index (χ0v) is 11.4. The molecule has 1 fully saturated rings. The molecule has 3 atom stereocenters. The summed E-state index contributed by atoms with van der Waals surface area (Å²) < 4.78 is 0. The van der Waals surface area contributed by atoms with Crippen molar-refractivity contribution < 1.29 is 4.79 Å². The Morgan fingerprint density at radius 2 is 2.24 bits per heavy atom. The van der Waals surface area contributed by atoms with Crippen molar-refractivity contribution in [3.8, 4) is 0 Å². The molecule has 1 saturated heterocycles. The van der Waals surface area contributed by atoms with E-state index < -0.39 is 0 Å². The van der Waals surface area contributed by atoms with E-state index in [1.807, 2.05) is 6.92 Å². The van der Waals surface area contributed by atoms with Gasteiger partial charge >= 0.3 is 0 Å². The third-order valence-electron chi connectivity index (χ3n) is 3.94. The van der Waals surface area contributed by atoms with Crippen LogP contribution in [-0.4, -0.2) is 43.0 Å². The second kappa shape index (κ2) is 6.97. The molecule has 1 heterocycles. The predicted octanol–water partition coefficient (Wildman–Crippen LogP) is 0.818. The summed E-state index contributed by atoms with van der Waals surface area (Å²) in [6.07, 6.45) is 2.13. The molecule has 0 aromatic heterocycles. The summed E-state index contributed by atoms with van der Waals surface area (Å²) >= 11 is 0. The van der Waals surface area contributed by atoms with Crippen molar-refractivity contribution in [2.45, 2.75) is 39.7 Å². The Kier molecular flexibility index (Phi) is 5.92. The molecule has 1 rings (SSSR count). The van der Waals surface area contributed by atoms with Crippen molar-refractivity contribution in [2.24, 2.45) is 17.6 Å². The molecule has 0 aliphatic carbocycles. The lowest BCUT2D eigenvalue weighted by Crippen LogP contribution is -2.46. The molecule has 0 spiro atoms. The molecule has 0 bridgehead atoms. The predicted molar refractivity (Wildman–Crippen MR) is 70.7 cm³/mol. The van der Waals surface area contributed by atoms with E-state index in [1.54, 1.807) is 0 Å². The summed E-state index contributed by atoms with van der Waals surface area (Å²) in [6, 6.07) is -0.358. The third-order valence-corrected chi connectivity index (χ3v) is 3.94. The van der Waals surface area contributed by atoms with Crippen LogP contribution in [0.15, 0.2) is 0 Å². The summed E-state index contributed by atoms with van der Waals surface area (Å²) in [5.41, 5.74) is 5.89. The Labute approximate surface area is 105 Å². The molecule has 1 aliphatic heterocycles. The van der Waals surface area contributed by atoms with Crippen LogP contribution in [0.5, 0.6) is 0 Å². The molecule has 0 radical (unpaired) electrons. The van der Waals surface area contributed by atoms with Gasteiger partial charge in [0.15, 0.2) is 0 Å². The van der Waals surface area contributed by atoms with Crippen molar-refractivity contribution in [3.63, 3.8) is 0 Å². The number of likely N-dealkylation sites (tertiary alicyclic amines) is 1. The summed E-state index contributed by atoms with van der Waals surface area (Å²) in [5.74, 6) is 0.864. The van der Waals surface area contributed by atoms with Crippen LogP contribution in [0.2, 0.25) is 0 Å². The molecular weight excluding hydrogens is 214 g/mol. The first-order chi connectivity index (χ1) is 8.08. The molecule has 100 valence electrons. The van der Waals surface area contributed by atoms with E-state index >= 15 is 0 Å². The fourth-order valence-electron chi connectivity index (χ4n) is 2.24. The van der Waals surface area contributed by atoms with E-state index in [0.29, 0.717) is 5.92 Å². The highest BCUT2D eigenvalue weighted by atomic mass is 16.2. The van der Waals surface area contributed by atoms with Crippen LogP contribution in [0, 0.1) is 11.8 Å². The van der Waals surface area contributed by atoms with E-state index in [-0.39, 0.29) is 17.9 Å². The van der Waals surface area contributed by atoms with Gasteiger partial charge < -0.3 is 16.0 Å². The number of nitrogens with two attached hydrogens (primary N) is 1. The van der Waals surface area contributed by atoms with E-state index in [9.17, 15) is 4.79 Å². The van der Waals surface area contributed by atoms with Gasteiger partial charge in [0, 0.05) is 13.1 Å². The first-order valence-corrected chi connectivity index (χ1v) is 6.84. The maximum atomic E-state index is 11.8. The largest absolute Gasteiger partial charge is 0.354 e. The molecule has 17 heavy (non-hydrogen) atoms. The van der Waals surface area contributed by atoms with Gasteiger partial charge in [-0.2, -0.15) is 0 Å². The van der Waals surface area contributed by atoms with Crippen LogP contribution in [0.4, 0.5) is 0 Å². The van der Waals surface area contributed by atoms with E-state index in [1.165, 1.54) is 6.42 Å². The van der Waals surface area contributed by atoms with Crippen LogP contribution < -0.4 is 11.1 Å². The second-order valence-electron chi connectivity index (χ2n) is 5.20. The minimum atomic E-state index is -0.358. The fourth-order valence-corrected chi connectivity index (χ4v) is 2.24. The van der Waals surface area contributed by atoms with Gasteiger partial charge in [0.1, 0.15) is 0 Å². The van der Waals surface area contributed by atoms with Crippen LogP contribution in [-0.2, 0) is 4.79 Å². The van der Waals surface area contributed by atoms with Gasteiger partial charge in [-0.3, -0.25) is 4.79 Å². The molecule has 0 saturated carbocycles. The maximum absolute atomic E-state index is 11.8. The van der Waals surface area contributed by atoms with E-state index in [4.69, 9.17) is 5.73 Å². The van der Waals surface area contributed by atoms with Gasteiger partial charge in [0.2, 0.25) is 5.91 Å². The van der Waals surface area contributed by atoms with Crippen LogP contribution in [0.25, 0.3) is 0 Å². The van der Waals surface area contributed by atoms with Crippen molar-refractivity contribution in [2.75, 3.05) is 26.2 Å². The summed E-state index contributed by atoms with van der Waals surface area (Å²) in [7, 11) is 0. The van der Waals surface area contributed by atoms with Crippen molar-refractivity contribution >= 4 is 5.91 Å². The minimum absolute atomic E-state index is 0.00861. The number of carbonyl (C=O) groups is 1. The monoisotopic (exact) mass is 241 g/mol. The lowest BCUT2D eigenvalue weighted by Gasteiger charge is -2.19. The average Bonchev–Trinajstić information content (AvgIpc) is 2.81. The van der Waals surface area contributed by atoms with Gasteiger partial charge in [-0.1, -0.05) is 27.2 Å². The number of rotatable bonds is 6. The van der Waals surface area contributed by atoms with E-state index in [0.717, 1.165) is 32.6 Å². The Balaban J connectivity index is 2.24. The van der Waals surface area contributed by atoms with Crippen LogP contribution in [0.1, 0.15) is 33.6 Å². The van der Waals surface area contributed by atoms with Gasteiger partial charge in [-0.25, -0.2) is 0 Å². The first kappa shape index (κ1) is 14.5. The Bertz CT molecular complexity index is 245. The molecule has 4 nitrogen and oxygen atoms in total. The van der Waals surface area contributed by atoms with Gasteiger partial charge in [0.05, 0.1) is 6.04 Å². The average molecular weight is 241 g/mol. The molecule has 4 heteroatoms. The minimum Gasteiger partial charge on any atom is -0.354 e.